The molecule has 2 N–H and O–H groups in total. The molecular formula is C40H44F2N6O4S. The Labute approximate surface area is 308 Å². The van der Waals surface area contributed by atoms with Crippen molar-refractivity contribution in [1.82, 2.24) is 24.5 Å². The highest BCUT2D eigenvalue weighted by atomic mass is 32.2. The molecule has 278 valence electrons. The lowest BCUT2D eigenvalue weighted by Crippen LogP contribution is -2.51. The normalized spacial score (nSPS) is 23.9. The highest BCUT2D eigenvalue weighted by molar-refractivity contribution is 7.88. The molecule has 1 aliphatic carbocycles. The summed E-state index contributed by atoms with van der Waals surface area (Å²) in [6, 6.07) is 9.95. The molecule has 1 saturated carbocycles. The van der Waals surface area contributed by atoms with Crippen LogP contribution in [-0.2, 0) is 10.0 Å². The number of sulfonamides is 1. The first kappa shape index (κ1) is 34.7. The lowest BCUT2D eigenvalue weighted by molar-refractivity contribution is 0.0827. The summed E-state index contributed by atoms with van der Waals surface area (Å²) in [6.07, 6.45) is 14.0. The van der Waals surface area contributed by atoms with Gasteiger partial charge >= 0.3 is 6.01 Å². The number of nitrogens with zero attached hydrogens (tertiary/aromatic N) is 5. The van der Waals surface area contributed by atoms with Crippen molar-refractivity contribution in [3.8, 4) is 35.2 Å². The maximum atomic E-state index is 17.0. The van der Waals surface area contributed by atoms with Gasteiger partial charge in [0.2, 0.25) is 10.0 Å². The Hall–Kier alpha value is -4.09. The topological polar surface area (TPSA) is 111 Å². The Morgan fingerprint density at radius 3 is 2.45 bits per heavy atom. The number of halogens is 2. The van der Waals surface area contributed by atoms with E-state index < -0.39 is 21.7 Å². The molecule has 5 aliphatic rings. The second kappa shape index (κ2) is 12.8. The number of benzene rings is 3. The van der Waals surface area contributed by atoms with Crippen molar-refractivity contribution in [2.75, 3.05) is 63.6 Å². The molecule has 4 saturated heterocycles. The number of aromatic hydroxyl groups is 1. The van der Waals surface area contributed by atoms with Crippen LogP contribution in [0.4, 0.5) is 14.6 Å². The van der Waals surface area contributed by atoms with Crippen molar-refractivity contribution in [2.45, 2.75) is 57.0 Å². The highest BCUT2D eigenvalue weighted by Gasteiger charge is 2.48. The van der Waals surface area contributed by atoms with Gasteiger partial charge in [-0.2, -0.15) is 9.97 Å². The lowest BCUT2D eigenvalue weighted by Gasteiger charge is -2.40. The summed E-state index contributed by atoms with van der Waals surface area (Å²) in [5, 5.41) is 15.5. The molecule has 3 aromatic carbocycles. The van der Waals surface area contributed by atoms with Crippen LogP contribution in [0.25, 0.3) is 32.8 Å². The Morgan fingerprint density at radius 2 is 1.77 bits per heavy atom. The van der Waals surface area contributed by atoms with Gasteiger partial charge in [0.25, 0.3) is 0 Å². The minimum absolute atomic E-state index is 0.0483. The Kier molecular flexibility index (Phi) is 8.34. The van der Waals surface area contributed by atoms with Gasteiger partial charge in [0, 0.05) is 72.1 Å². The molecule has 5 fully saturated rings. The fraction of sp³-hybridized carbons (Fsp3) is 0.500. The van der Waals surface area contributed by atoms with Crippen LogP contribution in [0.2, 0.25) is 0 Å². The largest absolute Gasteiger partial charge is 0.508 e. The number of terminal acetylenes is 1. The smallest absolute Gasteiger partial charge is 0.319 e. The first-order valence-electron chi connectivity index (χ1n) is 18.7. The zero-order chi connectivity index (χ0) is 36.7. The van der Waals surface area contributed by atoms with Gasteiger partial charge in [0.1, 0.15) is 22.9 Å². The molecule has 5 heterocycles. The SMILES string of the molecule is C#Cc1cccc2cc(O)cc(-c3c(F)cc4c(N5CC6CCC(C5)N6)nc(OCC5(CN6CCC7(CC6)CCN(S(C)(=O)=O)C7)CC5)nc4c3F)c12. The van der Waals surface area contributed by atoms with E-state index in [-0.39, 0.29) is 56.7 Å². The third kappa shape index (κ3) is 6.37. The predicted molar refractivity (Wildman–Crippen MR) is 200 cm³/mol. The van der Waals surface area contributed by atoms with E-state index in [0.29, 0.717) is 54.9 Å². The van der Waals surface area contributed by atoms with Gasteiger partial charge in [-0.05, 0) is 93.1 Å². The number of nitrogens with one attached hydrogen (secondary N) is 1. The van der Waals surface area contributed by atoms with Crippen molar-refractivity contribution in [2.24, 2.45) is 10.8 Å². The lowest BCUT2D eigenvalue weighted by atomic mass is 9.77. The number of piperidine rings is 1. The van der Waals surface area contributed by atoms with Crippen LogP contribution in [0, 0.1) is 34.8 Å². The molecule has 2 atom stereocenters. The van der Waals surface area contributed by atoms with Gasteiger partial charge in [-0.25, -0.2) is 21.5 Å². The van der Waals surface area contributed by atoms with E-state index in [0.717, 1.165) is 64.6 Å². The molecule has 1 aromatic heterocycles. The van der Waals surface area contributed by atoms with Crippen LogP contribution < -0.4 is 15.0 Å². The number of anilines is 1. The van der Waals surface area contributed by atoms with Gasteiger partial charge in [0.05, 0.1) is 18.4 Å². The first-order valence-corrected chi connectivity index (χ1v) is 20.5. The van der Waals surface area contributed by atoms with Gasteiger partial charge in [-0.1, -0.05) is 18.1 Å². The van der Waals surface area contributed by atoms with Crippen molar-refractivity contribution >= 4 is 37.5 Å². The summed E-state index contributed by atoms with van der Waals surface area (Å²) in [4.78, 5) is 14.0. The van der Waals surface area contributed by atoms with Crippen LogP contribution in [0.15, 0.2) is 36.4 Å². The summed E-state index contributed by atoms with van der Waals surface area (Å²) >= 11 is 0. The number of likely N-dealkylation sites (tertiary alicyclic amines) is 1. The summed E-state index contributed by atoms with van der Waals surface area (Å²) in [5.41, 5.74) is 0.215. The molecule has 0 radical (unpaired) electrons. The van der Waals surface area contributed by atoms with Crippen LogP contribution in [0.1, 0.15) is 50.5 Å². The summed E-state index contributed by atoms with van der Waals surface area (Å²) in [6.45, 7) is 5.55. The Balaban J connectivity index is 1.03. The maximum absolute atomic E-state index is 17.0. The molecule has 4 aromatic rings. The van der Waals surface area contributed by atoms with E-state index in [4.69, 9.17) is 16.1 Å². The van der Waals surface area contributed by atoms with E-state index in [1.165, 1.54) is 24.5 Å². The number of piperazine rings is 1. The molecule has 9 rings (SSSR count). The Morgan fingerprint density at radius 1 is 1.04 bits per heavy atom. The van der Waals surface area contributed by atoms with Gasteiger partial charge in [-0.15, -0.1) is 6.42 Å². The second-order valence-electron chi connectivity index (χ2n) is 16.3. The fourth-order valence-corrected chi connectivity index (χ4v) is 10.3. The molecule has 0 amide bonds. The second-order valence-corrected chi connectivity index (χ2v) is 18.3. The zero-order valence-electron chi connectivity index (χ0n) is 29.9. The van der Waals surface area contributed by atoms with Crippen molar-refractivity contribution < 1.29 is 27.0 Å². The quantitative estimate of drug-likeness (QED) is 0.234. The highest BCUT2D eigenvalue weighted by Crippen LogP contribution is 2.49. The average Bonchev–Trinajstić information content (AvgIpc) is 3.63. The monoisotopic (exact) mass is 742 g/mol. The number of hydrogen-bond donors (Lipinski definition) is 2. The summed E-state index contributed by atoms with van der Waals surface area (Å²) in [5.74, 6) is 1.27. The number of rotatable bonds is 8. The number of aromatic nitrogens is 2. The molecule has 10 nitrogen and oxygen atoms in total. The van der Waals surface area contributed by atoms with Crippen LogP contribution >= 0.6 is 0 Å². The third-order valence-corrected chi connectivity index (χ3v) is 13.8. The summed E-state index contributed by atoms with van der Waals surface area (Å²) < 4.78 is 65.7. The molecular weight excluding hydrogens is 699 g/mol. The van der Waals surface area contributed by atoms with E-state index in [2.05, 4.69) is 26.0 Å². The average molecular weight is 743 g/mol. The van der Waals surface area contributed by atoms with E-state index in [1.807, 2.05) is 0 Å². The predicted octanol–water partition coefficient (Wildman–Crippen LogP) is 5.26. The van der Waals surface area contributed by atoms with Gasteiger partial charge in [0.15, 0.2) is 5.82 Å². The standard InChI is InChI=1S/C40H44F2N6O4S/c1-3-25-5-4-6-26-17-29(49)18-30(33(25)26)34-32(41)19-31-36(35(34)42)44-38(45-37(31)47-20-27-7-8-28(21-47)43-27)52-24-40(9-10-40)22-46-14-11-39(12-15-46)13-16-48(23-39)53(2,50)51/h1,4-6,17-19,27-28,43,49H,7-16,20-24H2,2H3. The summed E-state index contributed by atoms with van der Waals surface area (Å²) in [7, 11) is -3.18. The Bertz CT molecular complexity index is 2270. The van der Waals surface area contributed by atoms with Crippen molar-refractivity contribution in [3.05, 3.63) is 53.6 Å². The van der Waals surface area contributed by atoms with Crippen molar-refractivity contribution in [1.29, 1.82) is 0 Å². The van der Waals surface area contributed by atoms with E-state index in [9.17, 15) is 13.5 Å². The maximum Gasteiger partial charge on any atom is 0.319 e. The van der Waals surface area contributed by atoms with E-state index >= 15 is 8.78 Å². The number of phenols is 1. The minimum Gasteiger partial charge on any atom is -0.508 e. The van der Waals surface area contributed by atoms with Crippen LogP contribution in [0.5, 0.6) is 11.8 Å². The minimum atomic E-state index is -3.18. The number of ether oxygens (including phenoxy) is 1. The first-order chi connectivity index (χ1) is 25.4. The van der Waals surface area contributed by atoms with Gasteiger partial charge < -0.3 is 25.0 Å². The van der Waals surface area contributed by atoms with Crippen LogP contribution in [0.3, 0.4) is 0 Å². The van der Waals surface area contributed by atoms with E-state index in [1.54, 1.807) is 22.5 Å². The molecule has 2 unspecified atom stereocenters. The number of hydrogen-bond acceptors (Lipinski definition) is 9. The molecule has 2 bridgehead atoms. The van der Waals surface area contributed by atoms with Gasteiger partial charge in [-0.3, -0.25) is 0 Å². The number of fused-ring (bicyclic) bond motifs is 4. The third-order valence-electron chi connectivity index (χ3n) is 12.6. The fourth-order valence-electron chi connectivity index (χ4n) is 9.40. The van der Waals surface area contributed by atoms with Crippen LogP contribution in [-0.4, -0.2) is 103 Å². The molecule has 4 aliphatic heterocycles. The van der Waals surface area contributed by atoms with Crippen molar-refractivity contribution in [3.63, 3.8) is 0 Å². The molecule has 53 heavy (non-hydrogen) atoms. The molecule has 13 heteroatoms. The number of phenolic OH excluding ortho intramolecular Hbond substituents is 1. The molecule has 1 spiro atoms. The zero-order valence-corrected chi connectivity index (χ0v) is 30.7.